The first-order valence-corrected chi connectivity index (χ1v) is 6.58. The van der Waals surface area contributed by atoms with Crippen molar-refractivity contribution in [1.82, 2.24) is 0 Å². The van der Waals surface area contributed by atoms with Gasteiger partial charge in [0.1, 0.15) is 24.7 Å². The van der Waals surface area contributed by atoms with Gasteiger partial charge in [0.15, 0.2) is 0 Å². The van der Waals surface area contributed by atoms with Gasteiger partial charge in [0, 0.05) is 6.54 Å². The van der Waals surface area contributed by atoms with E-state index in [1.807, 2.05) is 36.4 Å². The van der Waals surface area contributed by atoms with E-state index in [9.17, 15) is 4.79 Å². The standard InChI is InChI=1S/C16H16N2O2/c17-8-11-2-1-3-12(6-11)13-4-5-16-15(7-13)18-14(9-19)10-20-16/h1-7,9,14,18H,8,10,17H2. The number of benzene rings is 2. The molecular formula is C16H16N2O2. The summed E-state index contributed by atoms with van der Waals surface area (Å²) in [5, 5.41) is 3.17. The first-order chi connectivity index (χ1) is 9.80. The molecule has 3 rings (SSSR count). The SMILES string of the molecule is NCc1cccc(-c2ccc3c(c2)NC(C=O)CO3)c1. The zero-order valence-corrected chi connectivity index (χ0v) is 11.0. The average Bonchev–Trinajstić information content (AvgIpc) is 2.53. The van der Waals surface area contributed by atoms with Gasteiger partial charge in [-0.1, -0.05) is 24.3 Å². The number of aldehydes is 1. The van der Waals surface area contributed by atoms with E-state index in [1.165, 1.54) is 0 Å². The zero-order chi connectivity index (χ0) is 13.9. The second-order valence-electron chi connectivity index (χ2n) is 4.81. The van der Waals surface area contributed by atoms with Crippen molar-refractivity contribution in [3.63, 3.8) is 0 Å². The molecule has 4 heteroatoms. The number of nitrogens with two attached hydrogens (primary N) is 1. The van der Waals surface area contributed by atoms with Crippen LogP contribution in [0.2, 0.25) is 0 Å². The van der Waals surface area contributed by atoms with Gasteiger partial charge in [-0.15, -0.1) is 0 Å². The van der Waals surface area contributed by atoms with Gasteiger partial charge in [-0.3, -0.25) is 0 Å². The molecule has 0 aromatic heterocycles. The summed E-state index contributed by atoms with van der Waals surface area (Å²) in [6.45, 7) is 0.895. The molecule has 1 unspecified atom stereocenters. The van der Waals surface area contributed by atoms with Crippen LogP contribution in [0.1, 0.15) is 5.56 Å². The summed E-state index contributed by atoms with van der Waals surface area (Å²) in [5.41, 5.74) is 9.79. The lowest BCUT2D eigenvalue weighted by Crippen LogP contribution is -2.32. The molecule has 102 valence electrons. The van der Waals surface area contributed by atoms with Gasteiger partial charge in [-0.2, -0.15) is 0 Å². The molecule has 20 heavy (non-hydrogen) atoms. The van der Waals surface area contributed by atoms with Crippen molar-refractivity contribution < 1.29 is 9.53 Å². The molecule has 2 aromatic carbocycles. The molecule has 1 heterocycles. The van der Waals surface area contributed by atoms with Crippen LogP contribution in [0.15, 0.2) is 42.5 Å². The van der Waals surface area contributed by atoms with Gasteiger partial charge in [-0.25, -0.2) is 0 Å². The summed E-state index contributed by atoms with van der Waals surface area (Å²) >= 11 is 0. The summed E-state index contributed by atoms with van der Waals surface area (Å²) in [6, 6.07) is 13.8. The summed E-state index contributed by atoms with van der Waals surface area (Å²) in [5.74, 6) is 0.779. The Balaban J connectivity index is 1.97. The quantitative estimate of drug-likeness (QED) is 0.837. The van der Waals surface area contributed by atoms with Crippen LogP contribution in [0.5, 0.6) is 5.75 Å². The zero-order valence-electron chi connectivity index (χ0n) is 11.0. The minimum Gasteiger partial charge on any atom is -0.489 e. The molecule has 1 atom stereocenters. The van der Waals surface area contributed by atoms with Crippen molar-refractivity contribution in [3.8, 4) is 16.9 Å². The molecule has 0 saturated heterocycles. The smallest absolute Gasteiger partial charge is 0.145 e. The number of carbonyl (C=O) groups is 1. The number of anilines is 1. The van der Waals surface area contributed by atoms with E-state index < -0.39 is 0 Å². The Bertz CT molecular complexity index is 640. The van der Waals surface area contributed by atoms with Crippen LogP contribution in [0.3, 0.4) is 0 Å². The minimum atomic E-state index is -0.284. The van der Waals surface area contributed by atoms with Gasteiger partial charge in [0.25, 0.3) is 0 Å². The normalized spacial score (nSPS) is 16.8. The molecule has 4 nitrogen and oxygen atoms in total. The van der Waals surface area contributed by atoms with Crippen molar-refractivity contribution in [2.24, 2.45) is 5.73 Å². The van der Waals surface area contributed by atoms with Crippen LogP contribution in [0, 0.1) is 0 Å². The fourth-order valence-electron chi connectivity index (χ4n) is 2.32. The molecule has 1 aliphatic heterocycles. The van der Waals surface area contributed by atoms with Crippen molar-refractivity contribution in [3.05, 3.63) is 48.0 Å². The maximum atomic E-state index is 10.9. The molecular weight excluding hydrogens is 252 g/mol. The van der Waals surface area contributed by atoms with Gasteiger partial charge >= 0.3 is 0 Å². The lowest BCUT2D eigenvalue weighted by atomic mass is 10.0. The Hall–Kier alpha value is -2.33. The Morgan fingerprint density at radius 3 is 2.90 bits per heavy atom. The van der Waals surface area contributed by atoms with Crippen molar-refractivity contribution in [2.75, 3.05) is 11.9 Å². The van der Waals surface area contributed by atoms with Crippen LogP contribution in [-0.2, 0) is 11.3 Å². The number of rotatable bonds is 3. The van der Waals surface area contributed by atoms with Crippen molar-refractivity contribution >= 4 is 12.0 Å². The van der Waals surface area contributed by atoms with Crippen LogP contribution in [0.25, 0.3) is 11.1 Å². The number of hydrogen-bond donors (Lipinski definition) is 2. The van der Waals surface area contributed by atoms with E-state index in [4.69, 9.17) is 10.5 Å². The third-order valence-corrected chi connectivity index (χ3v) is 3.40. The predicted octanol–water partition coefficient (Wildman–Crippen LogP) is 2.18. The highest BCUT2D eigenvalue weighted by Crippen LogP contribution is 2.33. The molecule has 3 N–H and O–H groups in total. The minimum absolute atomic E-state index is 0.284. The van der Waals surface area contributed by atoms with Gasteiger partial charge in [0.2, 0.25) is 0 Å². The van der Waals surface area contributed by atoms with Crippen LogP contribution < -0.4 is 15.8 Å². The average molecular weight is 268 g/mol. The van der Waals surface area contributed by atoms with Crippen LogP contribution in [0.4, 0.5) is 5.69 Å². The van der Waals surface area contributed by atoms with Gasteiger partial charge < -0.3 is 20.6 Å². The van der Waals surface area contributed by atoms with E-state index in [-0.39, 0.29) is 6.04 Å². The molecule has 0 aliphatic carbocycles. The second-order valence-corrected chi connectivity index (χ2v) is 4.81. The number of carbonyl (C=O) groups excluding carboxylic acids is 1. The third-order valence-electron chi connectivity index (χ3n) is 3.40. The van der Waals surface area contributed by atoms with E-state index in [0.717, 1.165) is 34.4 Å². The Morgan fingerprint density at radius 1 is 1.25 bits per heavy atom. The van der Waals surface area contributed by atoms with Crippen LogP contribution >= 0.6 is 0 Å². The third kappa shape index (κ3) is 2.38. The van der Waals surface area contributed by atoms with Crippen molar-refractivity contribution in [2.45, 2.75) is 12.6 Å². The topological polar surface area (TPSA) is 64.3 Å². The first kappa shape index (κ1) is 12.7. The lowest BCUT2D eigenvalue weighted by molar-refractivity contribution is -0.109. The summed E-state index contributed by atoms with van der Waals surface area (Å²) in [6.07, 6.45) is 0.866. The molecule has 0 saturated carbocycles. The molecule has 2 aromatic rings. The highest BCUT2D eigenvalue weighted by Gasteiger charge is 2.18. The Labute approximate surface area is 117 Å². The second kappa shape index (κ2) is 5.35. The highest BCUT2D eigenvalue weighted by atomic mass is 16.5. The molecule has 0 fully saturated rings. The molecule has 0 bridgehead atoms. The number of hydrogen-bond acceptors (Lipinski definition) is 4. The maximum absolute atomic E-state index is 10.9. The van der Waals surface area contributed by atoms with Crippen LogP contribution in [-0.4, -0.2) is 18.9 Å². The molecule has 0 spiro atoms. The fraction of sp³-hybridized carbons (Fsp3) is 0.188. The van der Waals surface area contributed by atoms with Gasteiger partial charge in [0.05, 0.1) is 5.69 Å². The summed E-state index contributed by atoms with van der Waals surface area (Å²) in [7, 11) is 0. The van der Waals surface area contributed by atoms with E-state index in [0.29, 0.717) is 13.2 Å². The Morgan fingerprint density at radius 2 is 2.10 bits per heavy atom. The summed E-state index contributed by atoms with van der Waals surface area (Å²) < 4.78 is 5.55. The number of fused-ring (bicyclic) bond motifs is 1. The largest absolute Gasteiger partial charge is 0.489 e. The lowest BCUT2D eigenvalue weighted by Gasteiger charge is -2.24. The highest BCUT2D eigenvalue weighted by molar-refractivity contribution is 5.76. The van der Waals surface area contributed by atoms with E-state index in [2.05, 4.69) is 11.4 Å². The van der Waals surface area contributed by atoms with Gasteiger partial charge in [-0.05, 0) is 34.9 Å². The maximum Gasteiger partial charge on any atom is 0.145 e. The summed E-state index contributed by atoms with van der Waals surface area (Å²) in [4.78, 5) is 10.9. The molecule has 0 amide bonds. The van der Waals surface area contributed by atoms with E-state index in [1.54, 1.807) is 0 Å². The van der Waals surface area contributed by atoms with E-state index >= 15 is 0 Å². The molecule has 0 radical (unpaired) electrons. The van der Waals surface area contributed by atoms with Crippen molar-refractivity contribution in [1.29, 1.82) is 0 Å². The fourth-order valence-corrected chi connectivity index (χ4v) is 2.32. The number of nitrogens with one attached hydrogen (secondary N) is 1. The molecule has 1 aliphatic rings. The predicted molar refractivity (Wildman–Crippen MR) is 78.7 cm³/mol. The first-order valence-electron chi connectivity index (χ1n) is 6.58. The Kier molecular flexibility index (Phi) is 3.39. The monoisotopic (exact) mass is 268 g/mol. The number of ether oxygens (including phenoxy) is 1.